The Labute approximate surface area is 161 Å². The van der Waals surface area contributed by atoms with Crippen LogP contribution in [0.25, 0.3) is 0 Å². The molecule has 2 aliphatic rings. The highest BCUT2D eigenvalue weighted by atomic mass is 16.5. The molecule has 0 radical (unpaired) electrons. The minimum Gasteiger partial charge on any atom is -0.467 e. The molecule has 1 aromatic heterocycles. The normalized spacial score (nSPS) is 23.4. The van der Waals surface area contributed by atoms with Gasteiger partial charge in [-0.15, -0.1) is 0 Å². The number of aliphatic hydroxyl groups excluding tert-OH is 1. The molecule has 2 unspecified atom stereocenters. The SMILES string of the molecule is CCNC(=NCC(O)c1ccco1)N1CCC(OCC2CCCCO2)CC1. The molecule has 0 aromatic carbocycles. The zero-order valence-electron chi connectivity index (χ0n) is 16.3. The second-order valence-electron chi connectivity index (χ2n) is 7.23. The Bertz CT molecular complexity index is 550. The van der Waals surface area contributed by atoms with Crippen LogP contribution < -0.4 is 5.32 Å². The Morgan fingerprint density at radius 2 is 2.22 bits per heavy atom. The van der Waals surface area contributed by atoms with E-state index >= 15 is 0 Å². The van der Waals surface area contributed by atoms with Gasteiger partial charge in [-0.05, 0) is 51.2 Å². The van der Waals surface area contributed by atoms with E-state index in [0.717, 1.165) is 51.5 Å². The summed E-state index contributed by atoms with van der Waals surface area (Å²) >= 11 is 0. The molecule has 0 spiro atoms. The largest absolute Gasteiger partial charge is 0.467 e. The molecular weight excluding hydrogens is 346 g/mol. The van der Waals surface area contributed by atoms with E-state index in [1.165, 1.54) is 12.8 Å². The summed E-state index contributed by atoms with van der Waals surface area (Å²) in [6.07, 6.45) is 6.93. The van der Waals surface area contributed by atoms with Gasteiger partial charge in [0, 0.05) is 26.2 Å². The third-order valence-electron chi connectivity index (χ3n) is 5.15. The van der Waals surface area contributed by atoms with Gasteiger partial charge in [0.1, 0.15) is 11.9 Å². The Morgan fingerprint density at radius 3 is 2.89 bits per heavy atom. The van der Waals surface area contributed by atoms with E-state index < -0.39 is 6.10 Å². The summed E-state index contributed by atoms with van der Waals surface area (Å²) in [6, 6.07) is 3.54. The molecule has 7 heteroatoms. The number of aliphatic hydroxyl groups is 1. The third-order valence-corrected chi connectivity index (χ3v) is 5.15. The molecule has 0 bridgehead atoms. The van der Waals surface area contributed by atoms with Gasteiger partial charge in [0.25, 0.3) is 0 Å². The van der Waals surface area contributed by atoms with Crippen molar-refractivity contribution in [3.05, 3.63) is 24.2 Å². The van der Waals surface area contributed by atoms with E-state index in [0.29, 0.717) is 18.5 Å². The summed E-state index contributed by atoms with van der Waals surface area (Å²) < 4.78 is 17.1. The van der Waals surface area contributed by atoms with Gasteiger partial charge >= 0.3 is 0 Å². The summed E-state index contributed by atoms with van der Waals surface area (Å²) in [4.78, 5) is 6.84. The van der Waals surface area contributed by atoms with Crippen molar-refractivity contribution in [3.8, 4) is 0 Å². The molecule has 2 N–H and O–H groups in total. The highest BCUT2D eigenvalue weighted by molar-refractivity contribution is 5.80. The van der Waals surface area contributed by atoms with Gasteiger partial charge < -0.3 is 29.2 Å². The Balaban J connectivity index is 1.44. The molecular formula is C20H33N3O4. The summed E-state index contributed by atoms with van der Waals surface area (Å²) in [6.45, 7) is 6.53. The van der Waals surface area contributed by atoms with Crippen LogP contribution in [-0.4, -0.2) is 67.6 Å². The van der Waals surface area contributed by atoms with E-state index in [1.807, 2.05) is 0 Å². The fourth-order valence-electron chi connectivity index (χ4n) is 3.59. The van der Waals surface area contributed by atoms with Crippen molar-refractivity contribution >= 4 is 5.96 Å². The maximum Gasteiger partial charge on any atom is 0.194 e. The maximum absolute atomic E-state index is 10.2. The van der Waals surface area contributed by atoms with E-state index in [-0.39, 0.29) is 12.6 Å². The number of nitrogens with zero attached hydrogens (tertiary/aromatic N) is 2. The Kier molecular flexibility index (Phi) is 7.98. The molecule has 27 heavy (non-hydrogen) atoms. The van der Waals surface area contributed by atoms with Crippen LogP contribution in [0, 0.1) is 0 Å². The Hall–Kier alpha value is -1.57. The molecule has 2 fully saturated rings. The van der Waals surface area contributed by atoms with Crippen LogP contribution in [0.15, 0.2) is 27.8 Å². The van der Waals surface area contributed by atoms with E-state index in [9.17, 15) is 5.11 Å². The average Bonchev–Trinajstić information content (AvgIpc) is 3.26. The van der Waals surface area contributed by atoms with Gasteiger partial charge in [-0.25, -0.2) is 4.99 Å². The minimum atomic E-state index is -0.718. The van der Waals surface area contributed by atoms with Crippen LogP contribution >= 0.6 is 0 Å². The van der Waals surface area contributed by atoms with Crippen molar-refractivity contribution in [2.24, 2.45) is 4.99 Å². The van der Waals surface area contributed by atoms with Crippen molar-refractivity contribution in [2.45, 2.75) is 57.3 Å². The van der Waals surface area contributed by atoms with Gasteiger partial charge in [-0.3, -0.25) is 0 Å². The Morgan fingerprint density at radius 1 is 1.37 bits per heavy atom. The highest BCUT2D eigenvalue weighted by Crippen LogP contribution is 2.18. The number of nitrogens with one attached hydrogen (secondary N) is 1. The smallest absolute Gasteiger partial charge is 0.194 e. The predicted molar refractivity (Wildman–Crippen MR) is 104 cm³/mol. The first-order valence-corrected chi connectivity index (χ1v) is 10.2. The lowest BCUT2D eigenvalue weighted by molar-refractivity contribution is -0.0721. The van der Waals surface area contributed by atoms with E-state index in [1.54, 1.807) is 18.4 Å². The van der Waals surface area contributed by atoms with Gasteiger partial charge in [0.05, 0.1) is 31.6 Å². The lowest BCUT2D eigenvalue weighted by atomic mass is 10.1. The van der Waals surface area contributed by atoms with Crippen LogP contribution in [-0.2, 0) is 9.47 Å². The van der Waals surface area contributed by atoms with Crippen LogP contribution in [0.3, 0.4) is 0 Å². The summed E-state index contributed by atoms with van der Waals surface area (Å²) in [5.74, 6) is 1.39. The minimum absolute atomic E-state index is 0.277. The number of hydrogen-bond donors (Lipinski definition) is 2. The first kappa shape index (κ1) is 20.2. The quantitative estimate of drug-likeness (QED) is 0.559. The number of rotatable bonds is 7. The first-order chi connectivity index (χ1) is 13.3. The number of piperidine rings is 1. The zero-order chi connectivity index (χ0) is 18.9. The van der Waals surface area contributed by atoms with Crippen molar-refractivity contribution in [1.82, 2.24) is 10.2 Å². The number of guanidine groups is 1. The lowest BCUT2D eigenvalue weighted by Crippen LogP contribution is -2.47. The molecule has 3 rings (SSSR count). The number of likely N-dealkylation sites (tertiary alicyclic amines) is 1. The molecule has 1 aromatic rings. The highest BCUT2D eigenvalue weighted by Gasteiger charge is 2.24. The summed E-state index contributed by atoms with van der Waals surface area (Å²) in [7, 11) is 0. The zero-order valence-corrected chi connectivity index (χ0v) is 16.3. The summed E-state index contributed by atoms with van der Waals surface area (Å²) in [5, 5.41) is 13.5. The lowest BCUT2D eigenvalue weighted by Gasteiger charge is -2.35. The fourth-order valence-corrected chi connectivity index (χ4v) is 3.59. The third kappa shape index (κ3) is 6.23. The maximum atomic E-state index is 10.2. The molecule has 3 heterocycles. The second kappa shape index (κ2) is 10.7. The first-order valence-electron chi connectivity index (χ1n) is 10.2. The van der Waals surface area contributed by atoms with Gasteiger partial charge in [0.2, 0.25) is 0 Å². The molecule has 0 saturated carbocycles. The van der Waals surface area contributed by atoms with E-state index in [4.69, 9.17) is 13.9 Å². The van der Waals surface area contributed by atoms with Crippen LogP contribution in [0.2, 0.25) is 0 Å². The van der Waals surface area contributed by atoms with Crippen molar-refractivity contribution in [1.29, 1.82) is 0 Å². The number of furan rings is 1. The second-order valence-corrected chi connectivity index (χ2v) is 7.23. The molecule has 152 valence electrons. The van der Waals surface area contributed by atoms with Crippen LogP contribution in [0.1, 0.15) is 50.9 Å². The average molecular weight is 380 g/mol. The molecule has 2 atom stereocenters. The van der Waals surface area contributed by atoms with E-state index in [2.05, 4.69) is 22.1 Å². The monoisotopic (exact) mass is 379 g/mol. The molecule has 7 nitrogen and oxygen atoms in total. The van der Waals surface area contributed by atoms with Crippen LogP contribution in [0.5, 0.6) is 0 Å². The van der Waals surface area contributed by atoms with Crippen LogP contribution in [0.4, 0.5) is 0 Å². The number of hydrogen-bond acceptors (Lipinski definition) is 5. The van der Waals surface area contributed by atoms with Crippen molar-refractivity contribution in [3.63, 3.8) is 0 Å². The molecule has 2 aliphatic heterocycles. The van der Waals surface area contributed by atoms with Gasteiger partial charge in [-0.1, -0.05) is 0 Å². The predicted octanol–water partition coefficient (Wildman–Crippen LogP) is 2.33. The molecule has 0 amide bonds. The molecule has 2 saturated heterocycles. The van der Waals surface area contributed by atoms with Gasteiger partial charge in [-0.2, -0.15) is 0 Å². The number of aliphatic imine (C=N–C) groups is 1. The van der Waals surface area contributed by atoms with Gasteiger partial charge in [0.15, 0.2) is 5.96 Å². The van der Waals surface area contributed by atoms with Crippen molar-refractivity contribution < 1.29 is 19.0 Å². The number of ether oxygens (including phenoxy) is 2. The topological polar surface area (TPSA) is 79.5 Å². The van der Waals surface area contributed by atoms with Crippen molar-refractivity contribution in [2.75, 3.05) is 39.4 Å². The standard InChI is InChI=1S/C20H33N3O4/c1-2-21-20(22-14-18(24)19-7-5-13-26-19)23-10-8-16(9-11-23)27-15-17-6-3-4-12-25-17/h5,7,13,16-18,24H,2-4,6,8-12,14-15H2,1H3,(H,21,22). The molecule has 0 aliphatic carbocycles. The fraction of sp³-hybridized carbons (Fsp3) is 0.750. The summed E-state index contributed by atoms with van der Waals surface area (Å²) in [5.41, 5.74) is 0.